The van der Waals surface area contributed by atoms with Crippen LogP contribution in [0.2, 0.25) is 0 Å². The zero-order valence-electron chi connectivity index (χ0n) is 70.3. The summed E-state index contributed by atoms with van der Waals surface area (Å²) in [7, 11) is 0. The second kappa shape index (κ2) is 45.1. The molecule has 15 N–H and O–H groups in total. The number of aliphatic imine (C=N–C) groups is 3. The van der Waals surface area contributed by atoms with Gasteiger partial charge in [-0.2, -0.15) is 26.3 Å². The molecule has 4 saturated carbocycles. The van der Waals surface area contributed by atoms with Gasteiger partial charge in [0.05, 0.1) is 67.7 Å². The number of guanidine groups is 2. The Hall–Kier alpha value is -12.5. The second-order valence-corrected chi connectivity index (χ2v) is 31.6. The first-order valence-electron chi connectivity index (χ1n) is 41.5. The lowest BCUT2D eigenvalue weighted by atomic mass is 9.86. The van der Waals surface area contributed by atoms with E-state index in [1.807, 2.05) is 63.4 Å². The lowest BCUT2D eigenvalue weighted by Crippen LogP contribution is -2.35. The van der Waals surface area contributed by atoms with Crippen LogP contribution in [0.15, 0.2) is 173 Å². The van der Waals surface area contributed by atoms with Gasteiger partial charge in [0.25, 0.3) is 17.7 Å². The fourth-order valence-corrected chi connectivity index (χ4v) is 14.0. The van der Waals surface area contributed by atoms with Crippen molar-refractivity contribution in [3.05, 3.63) is 224 Å². The number of nitrogens with zero attached hydrogens (tertiary/aromatic N) is 3. The highest BCUT2D eigenvalue weighted by Gasteiger charge is 2.34. The third kappa shape index (κ3) is 27.8. The molecule has 0 atom stereocenters. The number of primary amides is 1. The van der Waals surface area contributed by atoms with Crippen molar-refractivity contribution >= 4 is 87.4 Å². The number of amidine groups is 1. The van der Waals surface area contributed by atoms with E-state index in [4.69, 9.17) is 46.6 Å². The Morgan fingerprint density at radius 2 is 0.806 bits per heavy atom. The number of imide groups is 1. The van der Waals surface area contributed by atoms with Crippen LogP contribution in [0.3, 0.4) is 0 Å². The van der Waals surface area contributed by atoms with E-state index in [1.54, 1.807) is 86.6 Å². The van der Waals surface area contributed by atoms with E-state index < -0.39 is 41.5 Å². The van der Waals surface area contributed by atoms with Crippen LogP contribution in [0, 0.1) is 37.5 Å². The van der Waals surface area contributed by atoms with E-state index in [-0.39, 0.29) is 55.3 Å². The Morgan fingerprint density at radius 1 is 0.444 bits per heavy atom. The van der Waals surface area contributed by atoms with Gasteiger partial charge in [-0.3, -0.25) is 19.2 Å². The second-order valence-electron chi connectivity index (χ2n) is 30.8. The van der Waals surface area contributed by atoms with E-state index in [0.29, 0.717) is 165 Å². The van der Waals surface area contributed by atoms with Gasteiger partial charge in [0, 0.05) is 47.8 Å². The molecule has 0 saturated heterocycles. The Bertz CT molecular complexity index is 5100. The monoisotopic (exact) mass is 1730 g/mol. The fraction of sp³-hybridized carbons (Fsp3) is 0.380. The van der Waals surface area contributed by atoms with Crippen LogP contribution in [-0.2, 0) is 30.2 Å². The first kappa shape index (κ1) is 93.8. The van der Waals surface area contributed by atoms with E-state index >= 15 is 0 Å². The minimum absolute atomic E-state index is 0.00961. The van der Waals surface area contributed by atoms with Crippen LogP contribution in [0.5, 0.6) is 23.0 Å². The number of benzene rings is 8. The minimum Gasteiger partial charge on any atom is -0.491 e. The first-order valence-corrected chi connectivity index (χ1v) is 42.7. The number of anilines is 3. The number of carbonyl (C=O) groups is 6. The predicted molar refractivity (Wildman–Crippen MR) is 472 cm³/mol. The molecule has 660 valence electrons. The van der Waals surface area contributed by atoms with Gasteiger partial charge >= 0.3 is 24.5 Å². The minimum atomic E-state index is -4.43. The number of ether oxygens (including phenoxy) is 5. The van der Waals surface area contributed by atoms with Crippen molar-refractivity contribution in [2.45, 2.75) is 143 Å². The van der Waals surface area contributed by atoms with Crippen LogP contribution < -0.4 is 79.1 Å². The van der Waals surface area contributed by atoms with Crippen molar-refractivity contribution in [3.8, 4) is 34.1 Å². The molecule has 0 unspecified atom stereocenters. The van der Waals surface area contributed by atoms with Crippen molar-refractivity contribution in [2.75, 3.05) is 74.9 Å². The highest BCUT2D eigenvalue weighted by Crippen LogP contribution is 2.45. The molecular weight excluding hydrogens is 1620 g/mol. The molecule has 124 heavy (non-hydrogen) atoms. The standard InChI is InChI=1S/C30H31N3O5.C24H29F3N4O2.C22H25F3N4O2.C16H23N3O2S/c1-2-31-28(34)20-14-15-26(27(16-20)37-17-19-8-7-9-19)32-29(35)33-30(36)38-18-25-23-12-5-3-10-21(23)22-11-4-6-13-24(22)25;1-3-29-22(32)18-7-8-20(21(12-18)33-14-16-5-4-6-16)31-23(28)30-13-17-9-15(2)10-19(11-17)24(25,26)27;1-13-7-15(9-17(8-13)22(23,24)25)11-28-21(27)29-18-6-5-16(20(26)30)10-19(18)31-12-14-3-2-4-14;1-3-18-15(20)12-7-8-13(19-16(17)22-2)14(9-12)21-10-11-5-4-6-11/h3-6,10-16,19,25H,2,7-9,17-18H2,1H3,(H,31,34)(H2,32,33,35,36);7-12,16H,3-6,13-14H2,1-2H3,(H,29,32)(H3,28,30,31);5-10,14H,2-4,11-12H2,1H3,(H2,26,30)(H3,27,28,29);7-9,11H,3-6,10H2,1-2H3,(H2,17,19)(H,18,20). The highest BCUT2D eigenvalue weighted by molar-refractivity contribution is 8.13. The molecule has 0 radical (unpaired) electrons. The maximum Gasteiger partial charge on any atom is 0.416 e. The molecule has 7 amide bonds. The molecule has 4 fully saturated rings. The average Bonchev–Trinajstić information content (AvgIpc) is 1.61. The molecule has 32 heteroatoms. The van der Waals surface area contributed by atoms with Gasteiger partial charge in [-0.15, -0.1) is 0 Å². The fourth-order valence-electron chi connectivity index (χ4n) is 13.8. The summed E-state index contributed by atoms with van der Waals surface area (Å²) in [6.45, 7) is 12.6. The first-order chi connectivity index (χ1) is 59.4. The Balaban J connectivity index is 0.000000176. The van der Waals surface area contributed by atoms with Crippen molar-refractivity contribution in [1.82, 2.24) is 21.3 Å². The van der Waals surface area contributed by atoms with Crippen molar-refractivity contribution in [1.29, 1.82) is 0 Å². The Labute approximate surface area is 721 Å². The molecule has 0 heterocycles. The van der Waals surface area contributed by atoms with Crippen LogP contribution >= 0.6 is 11.8 Å². The number of hydrogen-bond acceptors (Lipinski definition) is 15. The van der Waals surface area contributed by atoms with Crippen molar-refractivity contribution < 1.29 is 78.8 Å². The molecule has 5 aliphatic rings. The Morgan fingerprint density at radius 3 is 1.18 bits per heavy atom. The summed E-state index contributed by atoms with van der Waals surface area (Å²) in [5.41, 5.74) is 31.7. The van der Waals surface area contributed by atoms with Gasteiger partial charge in [0.1, 0.15) is 35.3 Å². The van der Waals surface area contributed by atoms with Gasteiger partial charge in [-0.05, 0) is 246 Å². The number of alkyl halides is 6. The molecule has 13 rings (SSSR count). The zero-order valence-corrected chi connectivity index (χ0v) is 71.1. The smallest absolute Gasteiger partial charge is 0.416 e. The van der Waals surface area contributed by atoms with Crippen LogP contribution in [0.1, 0.15) is 190 Å². The summed E-state index contributed by atoms with van der Waals surface area (Å²) < 4.78 is 107. The Kier molecular flexibility index (Phi) is 34.1. The molecular formula is C92H108F6N14O11S. The molecule has 0 bridgehead atoms. The van der Waals surface area contributed by atoms with Crippen molar-refractivity contribution in [2.24, 2.45) is 61.6 Å². The number of aryl methyl sites for hydroxylation is 2. The van der Waals surface area contributed by atoms with E-state index in [2.05, 4.69) is 64.3 Å². The quantitative estimate of drug-likeness (QED) is 0.0118. The normalized spacial score (nSPS) is 14.6. The molecule has 8 aromatic rings. The maximum absolute atomic E-state index is 13.1. The van der Waals surface area contributed by atoms with Gasteiger partial charge in [0.15, 0.2) is 17.1 Å². The van der Waals surface area contributed by atoms with Crippen LogP contribution in [-0.4, -0.2) is 112 Å². The van der Waals surface area contributed by atoms with Gasteiger partial charge < -0.3 is 78.5 Å². The molecule has 0 aromatic heterocycles. The predicted octanol–water partition coefficient (Wildman–Crippen LogP) is 17.7. The topological polar surface area (TPSA) is 374 Å². The van der Waals surface area contributed by atoms with Gasteiger partial charge in [0.2, 0.25) is 5.91 Å². The van der Waals surface area contributed by atoms with Crippen LogP contribution in [0.4, 0.5) is 58.7 Å². The summed E-state index contributed by atoms with van der Waals surface area (Å²) in [5.74, 6) is 2.73. The number of halogens is 6. The largest absolute Gasteiger partial charge is 0.491 e. The number of nitrogens with two attached hydrogens (primary N) is 4. The average molecular weight is 1730 g/mol. The lowest BCUT2D eigenvalue weighted by Gasteiger charge is -2.26. The van der Waals surface area contributed by atoms with E-state index in [9.17, 15) is 55.1 Å². The number of rotatable bonds is 29. The number of thioether (sulfide) groups is 1. The summed E-state index contributed by atoms with van der Waals surface area (Å²) >= 11 is 1.38. The van der Waals surface area contributed by atoms with Crippen LogP contribution in [0.25, 0.3) is 11.1 Å². The molecule has 25 nitrogen and oxygen atoms in total. The van der Waals surface area contributed by atoms with E-state index in [0.717, 1.165) is 85.0 Å². The number of carbonyl (C=O) groups excluding carboxylic acids is 6. The maximum atomic E-state index is 13.1. The summed E-state index contributed by atoms with van der Waals surface area (Å²) in [4.78, 5) is 85.8. The van der Waals surface area contributed by atoms with Gasteiger partial charge in [-0.1, -0.05) is 109 Å². The lowest BCUT2D eigenvalue weighted by molar-refractivity contribution is -0.138. The number of amides is 7. The number of fused-ring (bicyclic) bond motifs is 3. The summed E-state index contributed by atoms with van der Waals surface area (Å²) in [6.07, 6.45) is 6.02. The van der Waals surface area contributed by atoms with Gasteiger partial charge in [-0.25, -0.2) is 29.9 Å². The molecule has 8 aromatic carbocycles. The van der Waals surface area contributed by atoms with Crippen molar-refractivity contribution in [3.63, 3.8) is 0 Å². The highest BCUT2D eigenvalue weighted by atomic mass is 32.2. The molecule has 0 spiro atoms. The number of alkyl carbamates (subject to hydrolysis) is 1. The summed E-state index contributed by atoms with van der Waals surface area (Å²) in [5, 5.41) is 19.5. The molecule has 0 aliphatic heterocycles. The summed E-state index contributed by atoms with van der Waals surface area (Å²) in [6, 6.07) is 42.6. The third-order valence-corrected chi connectivity index (χ3v) is 21.9. The SMILES string of the molecule is CCNC(=O)c1ccc(N=C(N)SC)c(OCC2CCC2)c1.CCNC(=O)c1ccc(NC(=O)NC(=O)OCC2c3ccccc3-c3ccccc32)c(OCC2CCC2)c1.CCNC(=O)c1ccc(NC(N)=NCc2cc(C)cc(C(F)(F)F)c2)c(OCC2CCC2)c1.Cc1cc(CN=C(N)Nc2ccc(C(N)=O)cc2OCC2CCC2)cc(C(F)(F)F)c1. The number of nitrogens with one attached hydrogen (secondary N) is 7. The number of hydrogen-bond donors (Lipinski definition) is 11. The molecule has 5 aliphatic carbocycles. The van der Waals surface area contributed by atoms with E-state index in [1.165, 1.54) is 62.4 Å². The number of urea groups is 1. The third-order valence-electron chi connectivity index (χ3n) is 21.4. The zero-order chi connectivity index (χ0) is 89.0.